The zero-order valence-corrected chi connectivity index (χ0v) is 19.4. The molecule has 0 bridgehead atoms. The van der Waals surface area contributed by atoms with Crippen molar-refractivity contribution in [1.82, 2.24) is 15.0 Å². The summed E-state index contributed by atoms with van der Waals surface area (Å²) in [7, 11) is 1.52. The first-order chi connectivity index (χ1) is 15.9. The van der Waals surface area contributed by atoms with Crippen LogP contribution in [-0.2, 0) is 6.42 Å². The first kappa shape index (κ1) is 22.6. The first-order valence-corrected chi connectivity index (χ1v) is 11.1. The van der Waals surface area contributed by atoms with E-state index in [-0.39, 0.29) is 17.4 Å². The predicted octanol–water partition coefficient (Wildman–Crippen LogP) is 5.25. The Labute approximate surface area is 199 Å². The van der Waals surface area contributed by atoms with Crippen LogP contribution in [0, 0.1) is 6.92 Å². The molecule has 0 saturated heterocycles. The van der Waals surface area contributed by atoms with Crippen molar-refractivity contribution < 1.29 is 14.3 Å². The molecule has 0 fully saturated rings. The fourth-order valence-electron chi connectivity index (χ4n) is 3.25. The van der Waals surface area contributed by atoms with Crippen molar-refractivity contribution in [3.05, 3.63) is 87.9 Å². The van der Waals surface area contributed by atoms with Gasteiger partial charge < -0.3 is 4.74 Å². The average Bonchev–Trinajstić information content (AvgIpc) is 3.28. The number of rotatable bonds is 7. The Bertz CT molecular complexity index is 1320. The van der Waals surface area contributed by atoms with Gasteiger partial charge in [-0.3, -0.25) is 19.9 Å². The van der Waals surface area contributed by atoms with Gasteiger partial charge in [-0.2, -0.15) is 0 Å². The number of ether oxygens (including phenoxy) is 1. The molecule has 9 heteroatoms. The lowest BCUT2D eigenvalue weighted by Gasteiger charge is -2.13. The van der Waals surface area contributed by atoms with Crippen molar-refractivity contribution in [2.24, 2.45) is 0 Å². The fourth-order valence-corrected chi connectivity index (χ4v) is 4.15. The molecule has 0 unspecified atom stereocenters. The molecular formula is C24H19ClN4O3S. The molecule has 1 amide bonds. The molecule has 0 radical (unpaired) electrons. The zero-order valence-electron chi connectivity index (χ0n) is 17.8. The van der Waals surface area contributed by atoms with E-state index in [2.05, 4.69) is 20.3 Å². The van der Waals surface area contributed by atoms with Crippen LogP contribution < -0.4 is 10.1 Å². The number of benzene rings is 1. The maximum absolute atomic E-state index is 13.1. The van der Waals surface area contributed by atoms with E-state index in [1.54, 1.807) is 12.1 Å². The molecule has 1 aromatic carbocycles. The molecule has 3 heterocycles. The monoisotopic (exact) mass is 478 g/mol. The van der Waals surface area contributed by atoms with Gasteiger partial charge in [-0.25, -0.2) is 9.97 Å². The topological polar surface area (TPSA) is 94.1 Å². The third-order valence-electron chi connectivity index (χ3n) is 4.84. The van der Waals surface area contributed by atoms with E-state index in [9.17, 15) is 9.59 Å². The molecule has 3 aromatic heterocycles. The molecule has 0 saturated carbocycles. The number of carbonyl (C=O) groups excluding carboxylic acids is 2. The van der Waals surface area contributed by atoms with Crippen molar-refractivity contribution in [2.45, 2.75) is 13.3 Å². The second-order valence-corrected chi connectivity index (χ2v) is 8.57. The number of thiazole rings is 1. The number of hydrogen-bond donors (Lipinski definition) is 1. The Morgan fingerprint density at radius 3 is 2.58 bits per heavy atom. The van der Waals surface area contributed by atoms with Crippen molar-refractivity contribution in [2.75, 3.05) is 12.4 Å². The van der Waals surface area contributed by atoms with E-state index in [0.717, 1.165) is 22.6 Å². The number of halogens is 1. The molecule has 7 nitrogen and oxygen atoms in total. The van der Waals surface area contributed by atoms with Crippen LogP contribution in [0.25, 0.3) is 11.1 Å². The third kappa shape index (κ3) is 5.24. The summed E-state index contributed by atoms with van der Waals surface area (Å²) >= 11 is 7.22. The van der Waals surface area contributed by atoms with Crippen LogP contribution in [0.4, 0.5) is 5.13 Å². The number of amides is 1. The minimum atomic E-state index is -0.413. The number of nitrogens with zero attached hydrogens (tertiary/aromatic N) is 3. The van der Waals surface area contributed by atoms with Gasteiger partial charge in [0.05, 0.1) is 29.9 Å². The Morgan fingerprint density at radius 1 is 1.03 bits per heavy atom. The van der Waals surface area contributed by atoms with Crippen LogP contribution in [0.2, 0.25) is 5.15 Å². The van der Waals surface area contributed by atoms with Crippen LogP contribution in [0.5, 0.6) is 5.75 Å². The highest BCUT2D eigenvalue weighted by Crippen LogP contribution is 2.34. The van der Waals surface area contributed by atoms with Gasteiger partial charge >= 0.3 is 0 Å². The average molecular weight is 479 g/mol. The van der Waals surface area contributed by atoms with E-state index in [4.69, 9.17) is 16.3 Å². The largest absolute Gasteiger partial charge is 0.494 e. The first-order valence-electron chi connectivity index (χ1n) is 9.95. The maximum atomic E-state index is 13.1. The van der Waals surface area contributed by atoms with E-state index in [0.29, 0.717) is 32.4 Å². The van der Waals surface area contributed by atoms with E-state index < -0.39 is 5.91 Å². The molecule has 0 aliphatic carbocycles. The highest BCUT2D eigenvalue weighted by atomic mass is 35.5. The van der Waals surface area contributed by atoms with Gasteiger partial charge in [0.1, 0.15) is 10.9 Å². The summed E-state index contributed by atoms with van der Waals surface area (Å²) < 4.78 is 5.41. The molecule has 33 heavy (non-hydrogen) atoms. The lowest BCUT2D eigenvalue weighted by molar-refractivity contribution is 0.0994. The number of ketones is 1. The number of anilines is 1. The summed E-state index contributed by atoms with van der Waals surface area (Å²) in [5, 5.41) is 3.36. The van der Waals surface area contributed by atoms with Gasteiger partial charge in [-0.1, -0.05) is 53.3 Å². The highest BCUT2D eigenvalue weighted by Gasteiger charge is 2.20. The number of aromatic nitrogens is 3. The van der Waals surface area contributed by atoms with Gasteiger partial charge in [-0.15, -0.1) is 0 Å². The number of methoxy groups -OCH3 is 1. The van der Waals surface area contributed by atoms with Crippen LogP contribution in [0.1, 0.15) is 31.3 Å². The number of Topliss-reactive ketones (excluding diaryl/α,β-unsaturated/α-hetero) is 1. The Balaban J connectivity index is 1.58. The van der Waals surface area contributed by atoms with Crippen LogP contribution in [0.3, 0.4) is 0 Å². The van der Waals surface area contributed by atoms with Crippen LogP contribution in [-0.4, -0.2) is 33.8 Å². The lowest BCUT2D eigenvalue weighted by Crippen LogP contribution is -2.14. The zero-order chi connectivity index (χ0) is 23.4. The van der Waals surface area contributed by atoms with Crippen LogP contribution in [0.15, 0.2) is 61.1 Å². The summed E-state index contributed by atoms with van der Waals surface area (Å²) in [5.74, 6) is -0.000885. The summed E-state index contributed by atoms with van der Waals surface area (Å²) in [5.41, 5.74) is 3.17. The van der Waals surface area contributed by atoms with Gasteiger partial charge in [0.25, 0.3) is 5.91 Å². The normalized spacial score (nSPS) is 10.6. The fraction of sp³-hybridized carbons (Fsp3) is 0.125. The van der Waals surface area contributed by atoms with Gasteiger partial charge in [0.15, 0.2) is 10.9 Å². The number of hydrogen-bond acceptors (Lipinski definition) is 7. The minimum Gasteiger partial charge on any atom is -0.494 e. The minimum absolute atomic E-state index is 0.0620. The molecule has 166 valence electrons. The Morgan fingerprint density at radius 2 is 1.82 bits per heavy atom. The summed E-state index contributed by atoms with van der Waals surface area (Å²) in [6, 6.07) is 12.9. The molecule has 4 rings (SSSR count). The second kappa shape index (κ2) is 9.89. The van der Waals surface area contributed by atoms with Gasteiger partial charge in [0.2, 0.25) is 0 Å². The van der Waals surface area contributed by atoms with Crippen molar-refractivity contribution in [3.8, 4) is 16.9 Å². The van der Waals surface area contributed by atoms with Gasteiger partial charge in [0, 0.05) is 29.4 Å². The van der Waals surface area contributed by atoms with Gasteiger partial charge in [-0.05, 0) is 24.6 Å². The molecule has 0 atom stereocenters. The maximum Gasteiger partial charge on any atom is 0.259 e. The predicted molar refractivity (Wildman–Crippen MR) is 128 cm³/mol. The summed E-state index contributed by atoms with van der Waals surface area (Å²) in [4.78, 5) is 38.7. The smallest absolute Gasteiger partial charge is 0.259 e. The molecule has 4 aromatic rings. The van der Waals surface area contributed by atoms with E-state index in [1.165, 1.54) is 25.7 Å². The summed E-state index contributed by atoms with van der Waals surface area (Å²) in [6.45, 7) is 1.83. The van der Waals surface area contributed by atoms with Crippen molar-refractivity contribution >= 4 is 39.8 Å². The number of pyridine rings is 2. The molecule has 1 N–H and O–H groups in total. The van der Waals surface area contributed by atoms with Crippen molar-refractivity contribution in [1.29, 1.82) is 0 Å². The van der Waals surface area contributed by atoms with Crippen LogP contribution >= 0.6 is 22.9 Å². The molecule has 0 aliphatic heterocycles. The Hall–Kier alpha value is -3.62. The standard InChI is InChI=1S/C24H19ClN4O3S/c1-14-8-16(17-10-22(25)27-12-20(17)32-2)18(11-26-14)23(31)29-24-28-13-21(33-24)19(30)9-15-6-4-3-5-7-15/h3-8,10-13H,9H2,1-2H3,(H,28,29,31). The third-order valence-corrected chi connectivity index (χ3v) is 6.00. The molecule has 0 aliphatic rings. The number of aryl methyl sites for hydroxylation is 1. The quantitative estimate of drug-likeness (QED) is 0.288. The second-order valence-electron chi connectivity index (χ2n) is 7.15. The molecule has 0 spiro atoms. The lowest BCUT2D eigenvalue weighted by atomic mass is 10.0. The molecular weight excluding hydrogens is 460 g/mol. The van der Waals surface area contributed by atoms with E-state index >= 15 is 0 Å². The highest BCUT2D eigenvalue weighted by molar-refractivity contribution is 7.17. The Kier molecular flexibility index (Phi) is 6.76. The SMILES string of the molecule is COc1cnc(Cl)cc1-c1cc(C)ncc1C(=O)Nc1ncc(C(=O)Cc2ccccc2)s1. The number of carbonyl (C=O) groups is 2. The van der Waals surface area contributed by atoms with E-state index in [1.807, 2.05) is 37.3 Å². The van der Waals surface area contributed by atoms with Crippen molar-refractivity contribution in [3.63, 3.8) is 0 Å². The summed E-state index contributed by atoms with van der Waals surface area (Å²) in [6.07, 6.45) is 4.74. The number of nitrogens with one attached hydrogen (secondary N) is 1.